The third-order valence-corrected chi connectivity index (χ3v) is 4.11. The number of halogens is 5. The number of para-hydroxylation sites is 1. The first-order valence-corrected chi connectivity index (χ1v) is 8.34. The molecule has 0 unspecified atom stereocenters. The van der Waals surface area contributed by atoms with Gasteiger partial charge >= 0.3 is 6.18 Å². The Morgan fingerprint density at radius 1 is 0.963 bits per heavy atom. The molecule has 0 aliphatic carbocycles. The van der Waals surface area contributed by atoms with Gasteiger partial charge in [0.05, 0.1) is 27.8 Å². The molecule has 0 fully saturated rings. The smallest absolute Gasteiger partial charge is 0.376 e. The van der Waals surface area contributed by atoms with Crippen LogP contribution in [0.5, 0.6) is 0 Å². The van der Waals surface area contributed by atoms with E-state index in [2.05, 4.69) is 10.6 Å². The number of carbonyl (C=O) groups is 2. The first-order valence-electron chi connectivity index (χ1n) is 7.59. The van der Waals surface area contributed by atoms with Crippen LogP contribution >= 0.6 is 23.2 Å². The van der Waals surface area contributed by atoms with Crippen LogP contribution < -0.4 is 16.0 Å². The molecule has 5 nitrogen and oxygen atoms in total. The Morgan fingerprint density at radius 2 is 1.63 bits per heavy atom. The Labute approximate surface area is 162 Å². The van der Waals surface area contributed by atoms with Crippen molar-refractivity contribution in [3.05, 3.63) is 58.1 Å². The average molecular weight is 420 g/mol. The highest BCUT2D eigenvalue weighted by atomic mass is 35.5. The van der Waals surface area contributed by atoms with Gasteiger partial charge in [0.1, 0.15) is 6.54 Å². The van der Waals surface area contributed by atoms with Crippen molar-refractivity contribution in [2.75, 3.05) is 23.7 Å². The number of rotatable bonds is 6. The van der Waals surface area contributed by atoms with E-state index >= 15 is 0 Å². The number of hydrogen-bond donors (Lipinski definition) is 3. The zero-order valence-corrected chi connectivity index (χ0v) is 15.2. The van der Waals surface area contributed by atoms with Crippen LogP contribution in [-0.2, 0) is 4.79 Å². The SMILES string of the molecule is O=C(CNc1ccccc1C(=O)NCC(F)(F)F)Nc1cccc(Cl)c1Cl. The standard InChI is InChI=1S/C17H14Cl2F3N3O2/c18-11-5-3-7-13(15(11)19)25-14(26)8-23-12-6-2-1-4-10(12)16(27)24-9-17(20,21)22/h1-7,23H,8-9H2,(H,24,27)(H,25,26). The molecule has 0 aromatic heterocycles. The molecule has 144 valence electrons. The van der Waals surface area contributed by atoms with Gasteiger partial charge in [-0.05, 0) is 24.3 Å². The van der Waals surface area contributed by atoms with Crippen LogP contribution in [-0.4, -0.2) is 31.1 Å². The minimum Gasteiger partial charge on any atom is -0.376 e. The van der Waals surface area contributed by atoms with E-state index in [9.17, 15) is 22.8 Å². The quantitative estimate of drug-likeness (QED) is 0.652. The number of nitrogens with one attached hydrogen (secondary N) is 3. The van der Waals surface area contributed by atoms with E-state index in [1.54, 1.807) is 29.6 Å². The number of carbonyl (C=O) groups excluding carboxylic acids is 2. The van der Waals surface area contributed by atoms with Gasteiger partial charge in [-0.15, -0.1) is 0 Å². The maximum Gasteiger partial charge on any atom is 0.405 e. The van der Waals surface area contributed by atoms with Gasteiger partial charge in [-0.2, -0.15) is 13.2 Å². The fourth-order valence-electron chi connectivity index (χ4n) is 2.08. The van der Waals surface area contributed by atoms with E-state index < -0.39 is 24.5 Å². The minimum absolute atomic E-state index is 0.0182. The predicted octanol–water partition coefficient (Wildman–Crippen LogP) is 4.34. The molecule has 0 aliphatic rings. The molecule has 0 saturated heterocycles. The summed E-state index contributed by atoms with van der Waals surface area (Å²) in [5, 5.41) is 7.50. The number of benzene rings is 2. The maximum absolute atomic E-state index is 12.3. The van der Waals surface area contributed by atoms with Crippen LogP contribution in [0.1, 0.15) is 10.4 Å². The fraction of sp³-hybridized carbons (Fsp3) is 0.176. The van der Waals surface area contributed by atoms with Gasteiger partial charge in [-0.25, -0.2) is 0 Å². The molecule has 2 aromatic rings. The van der Waals surface area contributed by atoms with Gasteiger partial charge in [-0.1, -0.05) is 41.4 Å². The van der Waals surface area contributed by atoms with Crippen molar-refractivity contribution in [1.82, 2.24) is 5.32 Å². The molecule has 0 spiro atoms. The second kappa shape index (κ2) is 8.96. The molecule has 10 heteroatoms. The zero-order chi connectivity index (χ0) is 20.0. The molecule has 0 saturated carbocycles. The normalized spacial score (nSPS) is 11.0. The highest BCUT2D eigenvalue weighted by Crippen LogP contribution is 2.29. The monoisotopic (exact) mass is 419 g/mol. The van der Waals surface area contributed by atoms with E-state index in [0.29, 0.717) is 5.69 Å². The highest BCUT2D eigenvalue weighted by Gasteiger charge is 2.28. The van der Waals surface area contributed by atoms with Crippen LogP contribution in [0.2, 0.25) is 10.0 Å². The van der Waals surface area contributed by atoms with Crippen LogP contribution in [0, 0.1) is 0 Å². The predicted molar refractivity (Wildman–Crippen MR) is 98.4 cm³/mol. The molecule has 0 bridgehead atoms. The van der Waals surface area contributed by atoms with Gasteiger partial charge in [0.25, 0.3) is 5.91 Å². The minimum atomic E-state index is -4.52. The lowest BCUT2D eigenvalue weighted by molar-refractivity contribution is -0.123. The Kier molecular flexibility index (Phi) is 6.92. The first kappa shape index (κ1) is 20.9. The highest BCUT2D eigenvalue weighted by molar-refractivity contribution is 6.44. The van der Waals surface area contributed by atoms with Crippen LogP contribution in [0.25, 0.3) is 0 Å². The lowest BCUT2D eigenvalue weighted by atomic mass is 10.1. The van der Waals surface area contributed by atoms with Crippen LogP contribution in [0.15, 0.2) is 42.5 Å². The fourth-order valence-corrected chi connectivity index (χ4v) is 2.43. The molecule has 2 aromatic carbocycles. The summed E-state index contributed by atoms with van der Waals surface area (Å²) in [6.07, 6.45) is -4.52. The Balaban J connectivity index is 2.00. The van der Waals surface area contributed by atoms with Crippen molar-refractivity contribution in [2.45, 2.75) is 6.18 Å². The van der Waals surface area contributed by atoms with E-state index in [1.165, 1.54) is 18.2 Å². The number of amides is 2. The summed E-state index contributed by atoms with van der Waals surface area (Å²) in [6, 6.07) is 10.6. The molecule has 0 radical (unpaired) electrons. The topological polar surface area (TPSA) is 70.2 Å². The summed E-state index contributed by atoms with van der Waals surface area (Å²) in [5.41, 5.74) is 0.507. The van der Waals surface area contributed by atoms with Crippen molar-refractivity contribution in [1.29, 1.82) is 0 Å². The van der Waals surface area contributed by atoms with E-state index in [1.807, 2.05) is 0 Å². The third kappa shape index (κ3) is 6.33. The van der Waals surface area contributed by atoms with Gasteiger partial charge in [0.2, 0.25) is 5.91 Å². The Morgan fingerprint density at radius 3 is 2.33 bits per heavy atom. The number of hydrogen-bond acceptors (Lipinski definition) is 3. The Hall–Kier alpha value is -2.45. The van der Waals surface area contributed by atoms with Crippen molar-refractivity contribution in [2.24, 2.45) is 0 Å². The maximum atomic E-state index is 12.3. The summed E-state index contributed by atoms with van der Waals surface area (Å²) >= 11 is 11.8. The van der Waals surface area contributed by atoms with Gasteiger partial charge in [-0.3, -0.25) is 9.59 Å². The van der Waals surface area contributed by atoms with Gasteiger partial charge in [0.15, 0.2) is 0 Å². The lowest BCUT2D eigenvalue weighted by Gasteiger charge is -2.13. The molecule has 2 rings (SSSR count). The van der Waals surface area contributed by atoms with E-state index in [4.69, 9.17) is 23.2 Å². The third-order valence-electron chi connectivity index (χ3n) is 3.29. The lowest BCUT2D eigenvalue weighted by Crippen LogP contribution is -2.34. The average Bonchev–Trinajstić information content (AvgIpc) is 2.61. The summed E-state index contributed by atoms with van der Waals surface area (Å²) < 4.78 is 36.8. The molecular formula is C17H14Cl2F3N3O2. The largest absolute Gasteiger partial charge is 0.405 e. The van der Waals surface area contributed by atoms with Crippen molar-refractivity contribution in [3.8, 4) is 0 Å². The summed E-state index contributed by atoms with van der Waals surface area (Å²) in [4.78, 5) is 24.0. The first-order chi connectivity index (χ1) is 12.7. The van der Waals surface area contributed by atoms with Gasteiger partial charge < -0.3 is 16.0 Å². The van der Waals surface area contributed by atoms with E-state index in [0.717, 1.165) is 0 Å². The number of alkyl halides is 3. The molecule has 0 aliphatic heterocycles. The molecule has 27 heavy (non-hydrogen) atoms. The Bertz CT molecular complexity index is 844. The van der Waals surface area contributed by atoms with Crippen LogP contribution in [0.4, 0.5) is 24.5 Å². The second-order valence-corrected chi connectivity index (χ2v) is 6.13. The summed E-state index contributed by atoms with van der Waals surface area (Å²) in [7, 11) is 0. The van der Waals surface area contributed by atoms with Crippen molar-refractivity contribution < 1.29 is 22.8 Å². The molecule has 3 N–H and O–H groups in total. The molecule has 0 heterocycles. The van der Waals surface area contributed by atoms with Gasteiger partial charge in [0, 0.05) is 5.69 Å². The molecule has 2 amide bonds. The van der Waals surface area contributed by atoms with E-state index in [-0.39, 0.29) is 27.8 Å². The summed E-state index contributed by atoms with van der Waals surface area (Å²) in [5.74, 6) is -1.39. The van der Waals surface area contributed by atoms with Crippen LogP contribution in [0.3, 0.4) is 0 Å². The number of anilines is 2. The molecule has 0 atom stereocenters. The van der Waals surface area contributed by atoms with Crippen molar-refractivity contribution in [3.63, 3.8) is 0 Å². The summed E-state index contributed by atoms with van der Waals surface area (Å²) in [6.45, 7) is -1.69. The molecular weight excluding hydrogens is 406 g/mol. The van der Waals surface area contributed by atoms with Crippen molar-refractivity contribution >= 4 is 46.4 Å². The zero-order valence-electron chi connectivity index (χ0n) is 13.7. The second-order valence-electron chi connectivity index (χ2n) is 5.35.